The quantitative estimate of drug-likeness (QED) is 0.693. The highest BCUT2D eigenvalue weighted by atomic mass is 32.2. The molecule has 2 heterocycles. The van der Waals surface area contributed by atoms with Crippen LogP contribution in [0.3, 0.4) is 0 Å². The lowest BCUT2D eigenvalue weighted by molar-refractivity contribution is -0.708. The minimum Gasteiger partial charge on any atom is -0.329 e. The molecule has 0 atom stereocenters. The molecule has 0 unspecified atom stereocenters. The Bertz CT molecular complexity index is 436. The van der Waals surface area contributed by atoms with Gasteiger partial charge in [-0.15, -0.1) is 0 Å². The lowest BCUT2D eigenvalue weighted by atomic mass is 10.5. The van der Waals surface area contributed by atoms with Gasteiger partial charge in [0.1, 0.15) is 12.1 Å². The van der Waals surface area contributed by atoms with Gasteiger partial charge in [0.15, 0.2) is 6.20 Å². The molecule has 2 aromatic heterocycles. The molecule has 0 amide bonds. The van der Waals surface area contributed by atoms with Gasteiger partial charge in [0.25, 0.3) is 0 Å². The monoisotopic (exact) mass is 206 g/mol. The van der Waals surface area contributed by atoms with E-state index >= 15 is 0 Å². The average Bonchev–Trinajstić information content (AvgIpc) is 2.56. The van der Waals surface area contributed by atoms with Gasteiger partial charge < -0.3 is 4.57 Å². The van der Waals surface area contributed by atoms with Gasteiger partial charge in [-0.1, -0.05) is 0 Å². The molecule has 14 heavy (non-hydrogen) atoms. The molecule has 4 heteroatoms. The molecule has 3 nitrogen and oxygen atoms in total. The fourth-order valence-corrected chi connectivity index (χ4v) is 2.03. The van der Waals surface area contributed by atoms with Crippen molar-refractivity contribution in [2.75, 3.05) is 0 Å². The van der Waals surface area contributed by atoms with Crippen LogP contribution in [0.2, 0.25) is 0 Å². The molecule has 0 aliphatic rings. The van der Waals surface area contributed by atoms with Gasteiger partial charge >= 0.3 is 0 Å². The van der Waals surface area contributed by atoms with Crippen molar-refractivity contribution in [3.63, 3.8) is 0 Å². The molecule has 0 bridgehead atoms. The topological polar surface area (TPSA) is 21.7 Å². The van der Waals surface area contributed by atoms with E-state index in [4.69, 9.17) is 0 Å². The minimum atomic E-state index is 1.15. The van der Waals surface area contributed by atoms with Crippen molar-refractivity contribution in [1.82, 2.24) is 9.55 Å². The van der Waals surface area contributed by atoms with Gasteiger partial charge in [0.2, 0.25) is 5.03 Å². The Morgan fingerprint density at radius 2 is 2.29 bits per heavy atom. The molecule has 0 aromatic carbocycles. The summed E-state index contributed by atoms with van der Waals surface area (Å²) in [5, 5.41) is 2.35. The lowest BCUT2D eigenvalue weighted by Crippen LogP contribution is -2.29. The SMILES string of the molecule is Cn1cncc1Sc1cccc[n+]1C. The summed E-state index contributed by atoms with van der Waals surface area (Å²) in [7, 11) is 4.04. The van der Waals surface area contributed by atoms with Crippen LogP contribution in [0.1, 0.15) is 0 Å². The molecule has 0 aliphatic heterocycles. The number of nitrogens with zero attached hydrogens (tertiary/aromatic N) is 3. The summed E-state index contributed by atoms with van der Waals surface area (Å²) < 4.78 is 4.11. The normalized spacial score (nSPS) is 10.4. The number of imidazole rings is 1. The van der Waals surface area contributed by atoms with Gasteiger partial charge in [-0.2, -0.15) is 4.57 Å². The van der Waals surface area contributed by atoms with E-state index in [1.165, 1.54) is 5.03 Å². The van der Waals surface area contributed by atoms with Crippen molar-refractivity contribution < 1.29 is 4.57 Å². The van der Waals surface area contributed by atoms with E-state index < -0.39 is 0 Å². The summed E-state index contributed by atoms with van der Waals surface area (Å²) in [4.78, 5) is 4.08. The first kappa shape index (κ1) is 9.27. The highest BCUT2D eigenvalue weighted by Crippen LogP contribution is 2.22. The Hall–Kier alpha value is -1.29. The van der Waals surface area contributed by atoms with Crippen LogP contribution in [0.15, 0.2) is 47.0 Å². The molecular weight excluding hydrogens is 194 g/mol. The van der Waals surface area contributed by atoms with Crippen LogP contribution >= 0.6 is 11.8 Å². The maximum absolute atomic E-state index is 4.08. The number of pyridine rings is 1. The van der Waals surface area contributed by atoms with Crippen LogP contribution in [0.4, 0.5) is 0 Å². The van der Waals surface area contributed by atoms with E-state index in [1.54, 1.807) is 11.8 Å². The van der Waals surface area contributed by atoms with Crippen LogP contribution in [-0.4, -0.2) is 9.55 Å². The first-order chi connectivity index (χ1) is 6.77. The highest BCUT2D eigenvalue weighted by Gasteiger charge is 2.09. The van der Waals surface area contributed by atoms with E-state index in [2.05, 4.69) is 15.6 Å². The summed E-state index contributed by atoms with van der Waals surface area (Å²) in [6.45, 7) is 0. The zero-order chi connectivity index (χ0) is 9.97. The summed E-state index contributed by atoms with van der Waals surface area (Å²) in [6, 6.07) is 6.16. The van der Waals surface area contributed by atoms with Crippen LogP contribution in [0, 0.1) is 0 Å². The van der Waals surface area contributed by atoms with E-state index in [1.807, 2.05) is 49.5 Å². The Labute approximate surface area is 87.4 Å². The Morgan fingerprint density at radius 1 is 1.43 bits per heavy atom. The maximum Gasteiger partial charge on any atom is 0.246 e. The van der Waals surface area contributed by atoms with Crippen molar-refractivity contribution in [3.8, 4) is 0 Å². The smallest absolute Gasteiger partial charge is 0.246 e. The first-order valence-corrected chi connectivity index (χ1v) is 5.18. The van der Waals surface area contributed by atoms with Crippen LogP contribution in [-0.2, 0) is 14.1 Å². The third-order valence-corrected chi connectivity index (χ3v) is 3.22. The van der Waals surface area contributed by atoms with E-state index in [0.717, 1.165) is 5.03 Å². The second-order valence-corrected chi connectivity index (χ2v) is 4.14. The standard InChI is InChI=1S/C10H12N3S/c1-12-6-4-3-5-9(12)14-10-7-11-8-13(10)2/h3-8H,1-2H3/q+1. The lowest BCUT2D eigenvalue weighted by Gasteiger charge is -1.99. The van der Waals surface area contributed by atoms with Crippen molar-refractivity contribution in [2.45, 2.75) is 10.1 Å². The second kappa shape index (κ2) is 3.84. The van der Waals surface area contributed by atoms with Crippen LogP contribution in [0.5, 0.6) is 0 Å². The summed E-state index contributed by atoms with van der Waals surface area (Å²) in [5.41, 5.74) is 0. The van der Waals surface area contributed by atoms with Gasteiger partial charge in [-0.05, 0) is 17.8 Å². The van der Waals surface area contributed by atoms with Crippen molar-refractivity contribution in [2.24, 2.45) is 14.1 Å². The largest absolute Gasteiger partial charge is 0.329 e. The number of hydrogen-bond donors (Lipinski definition) is 0. The summed E-state index contributed by atoms with van der Waals surface area (Å²) >= 11 is 1.71. The first-order valence-electron chi connectivity index (χ1n) is 4.36. The van der Waals surface area contributed by atoms with E-state index in [-0.39, 0.29) is 0 Å². The predicted molar refractivity (Wildman–Crippen MR) is 54.9 cm³/mol. The Balaban J connectivity index is 2.28. The average molecular weight is 206 g/mol. The zero-order valence-electron chi connectivity index (χ0n) is 8.21. The van der Waals surface area contributed by atoms with Gasteiger partial charge in [-0.3, -0.25) is 0 Å². The predicted octanol–water partition coefficient (Wildman–Crippen LogP) is 1.40. The Morgan fingerprint density at radius 3 is 2.93 bits per heavy atom. The molecule has 2 aromatic rings. The van der Waals surface area contributed by atoms with Crippen molar-refractivity contribution in [3.05, 3.63) is 36.9 Å². The van der Waals surface area contributed by atoms with Crippen LogP contribution in [0.25, 0.3) is 0 Å². The third kappa shape index (κ3) is 1.80. The summed E-state index contributed by atoms with van der Waals surface area (Å²) in [6.07, 6.45) is 5.72. The zero-order valence-corrected chi connectivity index (χ0v) is 9.03. The fraction of sp³-hybridized carbons (Fsp3) is 0.200. The highest BCUT2D eigenvalue weighted by molar-refractivity contribution is 7.99. The fourth-order valence-electron chi connectivity index (χ4n) is 1.16. The van der Waals surface area contributed by atoms with Crippen molar-refractivity contribution >= 4 is 11.8 Å². The Kier molecular flexibility index (Phi) is 2.54. The molecule has 0 radical (unpaired) electrons. The number of aryl methyl sites for hydroxylation is 2. The molecule has 0 saturated heterocycles. The van der Waals surface area contributed by atoms with E-state index in [9.17, 15) is 0 Å². The number of hydrogen-bond acceptors (Lipinski definition) is 2. The van der Waals surface area contributed by atoms with Gasteiger partial charge in [0.05, 0.1) is 12.5 Å². The molecule has 0 spiro atoms. The van der Waals surface area contributed by atoms with Crippen molar-refractivity contribution in [1.29, 1.82) is 0 Å². The molecule has 2 rings (SSSR count). The number of rotatable bonds is 2. The van der Waals surface area contributed by atoms with Gasteiger partial charge in [0, 0.05) is 19.2 Å². The molecule has 0 saturated carbocycles. The third-order valence-electron chi connectivity index (χ3n) is 1.99. The summed E-state index contributed by atoms with van der Waals surface area (Å²) in [5.74, 6) is 0. The van der Waals surface area contributed by atoms with E-state index in [0.29, 0.717) is 0 Å². The second-order valence-electron chi connectivity index (χ2n) is 3.09. The maximum atomic E-state index is 4.08. The van der Waals surface area contributed by atoms with Crippen LogP contribution < -0.4 is 4.57 Å². The molecule has 72 valence electrons. The molecule has 0 aliphatic carbocycles. The molecule has 0 N–H and O–H groups in total. The molecule has 0 fully saturated rings. The van der Waals surface area contributed by atoms with Gasteiger partial charge in [-0.25, -0.2) is 4.98 Å². The molecular formula is C10H12N3S+. The minimum absolute atomic E-state index is 1.15. The number of aromatic nitrogens is 3.